The fraction of sp³-hybridized carbons (Fsp3) is 0.190. The maximum Gasteiger partial charge on any atom is 0.270 e. The van der Waals surface area contributed by atoms with Crippen molar-refractivity contribution in [2.24, 2.45) is 0 Å². The number of aromatic nitrogens is 1. The van der Waals surface area contributed by atoms with Crippen LogP contribution in [-0.2, 0) is 13.2 Å². The van der Waals surface area contributed by atoms with E-state index in [2.05, 4.69) is 4.98 Å². The Hall–Kier alpha value is -2.92. The highest BCUT2D eigenvalue weighted by atomic mass is 35.5. The van der Waals surface area contributed by atoms with Gasteiger partial charge in [-0.1, -0.05) is 48.0 Å². The van der Waals surface area contributed by atoms with E-state index in [1.165, 1.54) is 0 Å². The first-order chi connectivity index (χ1) is 13.1. The molecular formula is C21H21ClN2O3. The van der Waals surface area contributed by atoms with E-state index in [9.17, 15) is 4.79 Å². The van der Waals surface area contributed by atoms with Crippen LogP contribution in [0.15, 0.2) is 60.8 Å². The van der Waals surface area contributed by atoms with Gasteiger partial charge in [-0.3, -0.25) is 4.79 Å². The molecule has 1 aromatic heterocycles. The van der Waals surface area contributed by atoms with Gasteiger partial charge in [-0.05, 0) is 29.3 Å². The Morgan fingerprint density at radius 1 is 1.07 bits per heavy atom. The van der Waals surface area contributed by atoms with E-state index in [-0.39, 0.29) is 5.91 Å². The van der Waals surface area contributed by atoms with Crippen molar-refractivity contribution in [1.29, 1.82) is 0 Å². The lowest BCUT2D eigenvalue weighted by Crippen LogP contribution is -2.26. The van der Waals surface area contributed by atoms with Gasteiger partial charge in [0.05, 0.1) is 12.1 Å². The Labute approximate surface area is 163 Å². The fourth-order valence-corrected chi connectivity index (χ4v) is 2.87. The molecule has 27 heavy (non-hydrogen) atoms. The van der Waals surface area contributed by atoms with Crippen LogP contribution < -0.4 is 9.47 Å². The lowest BCUT2D eigenvalue weighted by molar-refractivity contribution is 0.0780. The van der Waals surface area contributed by atoms with Crippen molar-refractivity contribution in [3.05, 3.63) is 82.6 Å². The average Bonchev–Trinajstić information content (AvgIpc) is 3.13. The number of hydrogen-bond donors (Lipinski definition) is 1. The number of methoxy groups -OCH3 is 1. The topological polar surface area (TPSA) is 54.6 Å². The van der Waals surface area contributed by atoms with Gasteiger partial charge < -0.3 is 19.4 Å². The lowest BCUT2D eigenvalue weighted by Gasteiger charge is -2.18. The first-order valence-electron chi connectivity index (χ1n) is 8.50. The van der Waals surface area contributed by atoms with Crippen LogP contribution in [0.25, 0.3) is 0 Å². The van der Waals surface area contributed by atoms with Crippen LogP contribution in [0.1, 0.15) is 21.6 Å². The summed E-state index contributed by atoms with van der Waals surface area (Å²) in [5.41, 5.74) is 2.48. The number of ether oxygens (including phenoxy) is 2. The molecule has 0 aliphatic rings. The summed E-state index contributed by atoms with van der Waals surface area (Å²) in [5, 5.41) is 0.508. The van der Waals surface area contributed by atoms with Gasteiger partial charge >= 0.3 is 0 Å². The molecule has 0 radical (unpaired) electrons. The molecule has 0 bridgehead atoms. The van der Waals surface area contributed by atoms with Crippen LogP contribution in [0.3, 0.4) is 0 Å². The quantitative estimate of drug-likeness (QED) is 0.651. The third-order valence-electron chi connectivity index (χ3n) is 4.11. The predicted octanol–water partition coefficient (Wildman–Crippen LogP) is 4.53. The summed E-state index contributed by atoms with van der Waals surface area (Å²) in [5.74, 6) is 1.16. The second-order valence-corrected chi connectivity index (χ2v) is 6.59. The maximum absolute atomic E-state index is 12.4. The summed E-state index contributed by atoms with van der Waals surface area (Å²) in [7, 11) is 3.34. The van der Waals surface area contributed by atoms with E-state index in [0.29, 0.717) is 35.4 Å². The molecule has 1 heterocycles. The zero-order valence-electron chi connectivity index (χ0n) is 15.2. The van der Waals surface area contributed by atoms with Crippen molar-refractivity contribution in [3.63, 3.8) is 0 Å². The van der Waals surface area contributed by atoms with Gasteiger partial charge in [-0.25, -0.2) is 0 Å². The largest absolute Gasteiger partial charge is 0.493 e. The molecule has 0 aliphatic carbocycles. The maximum atomic E-state index is 12.4. The van der Waals surface area contributed by atoms with E-state index < -0.39 is 0 Å². The Morgan fingerprint density at radius 2 is 1.85 bits per heavy atom. The summed E-state index contributed by atoms with van der Waals surface area (Å²) in [4.78, 5) is 16.9. The van der Waals surface area contributed by atoms with Crippen molar-refractivity contribution in [2.75, 3.05) is 14.2 Å². The molecule has 0 aliphatic heterocycles. The highest BCUT2D eigenvalue weighted by Gasteiger charge is 2.15. The van der Waals surface area contributed by atoms with Crippen molar-refractivity contribution in [2.45, 2.75) is 13.2 Å². The summed E-state index contributed by atoms with van der Waals surface area (Å²) in [6.07, 6.45) is 1.59. The number of carbonyl (C=O) groups is 1. The molecule has 1 amide bonds. The average molecular weight is 385 g/mol. The molecule has 1 N–H and O–H groups in total. The molecule has 0 saturated heterocycles. The summed E-state index contributed by atoms with van der Waals surface area (Å²) in [6.45, 7) is 0.896. The summed E-state index contributed by atoms with van der Waals surface area (Å²) >= 11 is 5.87. The Bertz CT molecular complexity index is 909. The molecule has 3 aromatic rings. The first kappa shape index (κ1) is 18.9. The highest BCUT2D eigenvalue weighted by Crippen LogP contribution is 2.29. The number of halogens is 1. The third kappa shape index (κ3) is 4.83. The number of nitrogens with zero attached hydrogens (tertiary/aromatic N) is 1. The van der Waals surface area contributed by atoms with Crippen LogP contribution in [0.2, 0.25) is 5.02 Å². The highest BCUT2D eigenvalue weighted by molar-refractivity contribution is 6.30. The molecule has 0 unspecified atom stereocenters. The van der Waals surface area contributed by atoms with Crippen molar-refractivity contribution in [3.8, 4) is 11.5 Å². The number of rotatable bonds is 7. The molecule has 2 aromatic carbocycles. The van der Waals surface area contributed by atoms with Gasteiger partial charge in [0.25, 0.3) is 5.91 Å². The van der Waals surface area contributed by atoms with Crippen LogP contribution in [-0.4, -0.2) is 29.9 Å². The molecule has 3 rings (SSSR count). The van der Waals surface area contributed by atoms with Crippen LogP contribution in [0, 0.1) is 0 Å². The first-order valence-corrected chi connectivity index (χ1v) is 8.87. The number of amides is 1. The van der Waals surface area contributed by atoms with Crippen LogP contribution in [0.5, 0.6) is 11.5 Å². The second-order valence-electron chi connectivity index (χ2n) is 6.15. The van der Waals surface area contributed by atoms with E-state index in [1.54, 1.807) is 31.3 Å². The van der Waals surface area contributed by atoms with Gasteiger partial charge in [-0.15, -0.1) is 0 Å². The van der Waals surface area contributed by atoms with Gasteiger partial charge in [0.15, 0.2) is 11.5 Å². The zero-order valence-corrected chi connectivity index (χ0v) is 16.0. The fourth-order valence-electron chi connectivity index (χ4n) is 2.71. The van der Waals surface area contributed by atoms with Crippen LogP contribution in [0.4, 0.5) is 0 Å². The second kappa shape index (κ2) is 8.64. The van der Waals surface area contributed by atoms with E-state index in [0.717, 1.165) is 11.1 Å². The number of benzene rings is 2. The lowest BCUT2D eigenvalue weighted by atomic mass is 10.2. The molecule has 0 spiro atoms. The van der Waals surface area contributed by atoms with Gasteiger partial charge in [0, 0.05) is 19.8 Å². The summed E-state index contributed by atoms with van der Waals surface area (Å²) in [6, 6.07) is 17.2. The van der Waals surface area contributed by atoms with E-state index in [4.69, 9.17) is 21.1 Å². The normalized spacial score (nSPS) is 10.5. The number of carbonyl (C=O) groups excluding carboxylic acids is 1. The minimum Gasteiger partial charge on any atom is -0.493 e. The molecule has 140 valence electrons. The molecular weight excluding hydrogens is 364 g/mol. The minimum absolute atomic E-state index is 0.134. The van der Waals surface area contributed by atoms with Crippen molar-refractivity contribution in [1.82, 2.24) is 9.88 Å². The molecule has 5 nitrogen and oxygen atoms in total. The molecule has 0 fully saturated rings. The third-order valence-corrected chi connectivity index (χ3v) is 4.33. The van der Waals surface area contributed by atoms with Crippen LogP contribution >= 0.6 is 11.6 Å². The number of aromatic amines is 1. The smallest absolute Gasteiger partial charge is 0.270 e. The van der Waals surface area contributed by atoms with E-state index in [1.807, 2.05) is 48.5 Å². The standard InChI is InChI=1S/C21H21ClN2O3/c1-24(21(25)18-11-17(22)12-23-18)13-16-8-9-19(20(10-16)26-2)27-14-15-6-4-3-5-7-15/h3-12,23H,13-14H2,1-2H3. The number of H-pyrrole nitrogens is 1. The minimum atomic E-state index is -0.134. The Kier molecular flexibility index (Phi) is 6.04. The van der Waals surface area contributed by atoms with Gasteiger partial charge in [0.2, 0.25) is 0 Å². The van der Waals surface area contributed by atoms with Gasteiger partial charge in [-0.2, -0.15) is 0 Å². The summed E-state index contributed by atoms with van der Waals surface area (Å²) < 4.78 is 11.3. The van der Waals surface area contributed by atoms with E-state index >= 15 is 0 Å². The number of hydrogen-bond acceptors (Lipinski definition) is 3. The number of nitrogens with one attached hydrogen (secondary N) is 1. The Balaban J connectivity index is 1.67. The monoisotopic (exact) mass is 384 g/mol. The molecule has 6 heteroatoms. The Morgan fingerprint density at radius 3 is 2.52 bits per heavy atom. The predicted molar refractivity (Wildman–Crippen MR) is 105 cm³/mol. The van der Waals surface area contributed by atoms with Gasteiger partial charge in [0.1, 0.15) is 12.3 Å². The zero-order chi connectivity index (χ0) is 19.2. The van der Waals surface area contributed by atoms with Crippen molar-refractivity contribution < 1.29 is 14.3 Å². The SMILES string of the molecule is COc1cc(CN(C)C(=O)c2cc(Cl)c[nH]2)ccc1OCc1ccccc1. The van der Waals surface area contributed by atoms with Crippen molar-refractivity contribution >= 4 is 17.5 Å². The molecule has 0 atom stereocenters. The molecule has 0 saturated carbocycles.